The SMILES string of the molecule is CC(C)Cc1ccc(C(C)C(=O)O)cc1.Cc1cc(O)c2c(=O)c3c(O)cc(O)c4c5c(O)cc(O)c6c(=O)c7c(O)cc(C)c8c1c2c(c34)c(c78)c65. The molecular weight excluding hydrogens is 676 g/mol. The molecule has 0 aromatic heterocycles. The smallest absolute Gasteiger partial charge is 0.310 e. The largest absolute Gasteiger partial charge is 0.507 e. The second-order valence-corrected chi connectivity index (χ2v) is 14.6. The maximum Gasteiger partial charge on any atom is 0.310 e. The third-order valence-electron chi connectivity index (χ3n) is 10.7. The standard InChI is InChI=1S/C30H16O8.C13H18O2/c1-7-3-9(31)19-23-15(7)16-8(2)4-10(32)20-24(16)28-26-18(12(34)6-14(36)22(26)30(20)38)17-11(33)5-13(35)21(29(19)37)25(17)27(23)28;1-9(2)8-11-4-6-12(7-5-11)10(3)13(14)15/h3-6,31-36H,1-2H3;4-7,9-10H,8H2,1-3H3,(H,14,15). The fourth-order valence-corrected chi connectivity index (χ4v) is 8.54. The first-order valence-electron chi connectivity index (χ1n) is 17.1. The number of carbonyl (C=O) groups is 1. The minimum absolute atomic E-state index is 0.0211. The molecule has 7 N–H and O–H groups in total. The van der Waals surface area contributed by atoms with Gasteiger partial charge in [0.1, 0.15) is 34.5 Å². The zero-order chi connectivity index (χ0) is 38.1. The molecule has 0 radical (unpaired) electrons. The Hall–Kier alpha value is -6.55. The number of carboxylic acids is 1. The highest BCUT2D eigenvalue weighted by Gasteiger charge is 2.33. The molecule has 9 aromatic carbocycles. The fraction of sp³-hybridized carbons (Fsp3) is 0.186. The highest BCUT2D eigenvalue weighted by atomic mass is 16.4. The van der Waals surface area contributed by atoms with Gasteiger partial charge in [0.15, 0.2) is 0 Å². The van der Waals surface area contributed by atoms with Crippen LogP contribution < -0.4 is 10.9 Å². The highest BCUT2D eigenvalue weighted by Crippen LogP contribution is 2.57. The maximum absolute atomic E-state index is 13.9. The summed E-state index contributed by atoms with van der Waals surface area (Å²) >= 11 is 0. The van der Waals surface area contributed by atoms with Crippen molar-refractivity contribution in [3.8, 4) is 34.5 Å². The summed E-state index contributed by atoms with van der Waals surface area (Å²) in [4.78, 5) is 38.6. The summed E-state index contributed by atoms with van der Waals surface area (Å²) in [5.41, 5.74) is 2.03. The molecule has 0 spiro atoms. The molecular formula is C43H34O10. The normalized spacial score (nSPS) is 12.8. The number of carboxylic acid groups (broad SMARTS) is 1. The molecule has 53 heavy (non-hydrogen) atoms. The highest BCUT2D eigenvalue weighted by molar-refractivity contribution is 6.50. The van der Waals surface area contributed by atoms with E-state index in [9.17, 15) is 45.0 Å². The minimum atomic E-state index is -0.772. The molecule has 0 saturated carbocycles. The third kappa shape index (κ3) is 4.41. The molecule has 1 unspecified atom stereocenters. The molecule has 1 atom stereocenters. The fourth-order valence-electron chi connectivity index (χ4n) is 8.54. The van der Waals surface area contributed by atoms with E-state index in [4.69, 9.17) is 5.11 Å². The molecule has 10 heteroatoms. The number of fused-ring (bicyclic) bond motifs is 2. The molecule has 10 nitrogen and oxygen atoms in total. The van der Waals surface area contributed by atoms with Crippen LogP contribution in [-0.4, -0.2) is 41.7 Å². The van der Waals surface area contributed by atoms with Crippen molar-refractivity contribution in [2.75, 3.05) is 0 Å². The average Bonchev–Trinajstić information content (AvgIpc) is 3.07. The Morgan fingerprint density at radius 3 is 1.17 bits per heavy atom. The van der Waals surface area contributed by atoms with Gasteiger partial charge in [-0.05, 0) is 78.3 Å². The summed E-state index contributed by atoms with van der Waals surface area (Å²) in [6.45, 7) is 9.57. The van der Waals surface area contributed by atoms with Gasteiger partial charge in [0, 0.05) is 55.2 Å². The van der Waals surface area contributed by atoms with Crippen LogP contribution in [0.25, 0.3) is 75.4 Å². The average molecular weight is 711 g/mol. The Labute approximate surface area is 300 Å². The van der Waals surface area contributed by atoms with E-state index in [1.807, 2.05) is 24.3 Å². The molecule has 0 saturated heterocycles. The van der Waals surface area contributed by atoms with E-state index >= 15 is 0 Å². The summed E-state index contributed by atoms with van der Waals surface area (Å²) in [7, 11) is 0. The first kappa shape index (κ1) is 33.6. The molecule has 0 fully saturated rings. The molecule has 9 aromatic rings. The van der Waals surface area contributed by atoms with E-state index in [0.717, 1.165) is 24.1 Å². The first-order valence-corrected chi connectivity index (χ1v) is 17.1. The molecule has 9 rings (SSSR count). The van der Waals surface area contributed by atoms with Crippen molar-refractivity contribution in [1.82, 2.24) is 0 Å². The predicted molar refractivity (Wildman–Crippen MR) is 207 cm³/mol. The van der Waals surface area contributed by atoms with Gasteiger partial charge in [-0.2, -0.15) is 0 Å². The molecule has 0 aliphatic heterocycles. The van der Waals surface area contributed by atoms with Crippen LogP contribution in [0.4, 0.5) is 0 Å². The number of aryl methyl sites for hydroxylation is 2. The first-order chi connectivity index (χ1) is 25.0. The Kier molecular flexibility index (Phi) is 7.11. The van der Waals surface area contributed by atoms with Gasteiger partial charge in [0.25, 0.3) is 0 Å². The Bertz CT molecular complexity index is 2770. The van der Waals surface area contributed by atoms with E-state index in [1.165, 1.54) is 17.7 Å². The second kappa shape index (κ2) is 11.2. The number of hydrogen-bond donors (Lipinski definition) is 7. The van der Waals surface area contributed by atoms with Crippen molar-refractivity contribution >= 4 is 81.4 Å². The summed E-state index contributed by atoms with van der Waals surface area (Å²) < 4.78 is 0. The van der Waals surface area contributed by atoms with Gasteiger partial charge < -0.3 is 35.7 Å². The zero-order valence-electron chi connectivity index (χ0n) is 29.3. The Morgan fingerprint density at radius 2 is 0.811 bits per heavy atom. The lowest BCUT2D eigenvalue weighted by atomic mass is 9.78. The number of phenolic OH excluding ortho intramolecular Hbond substituents is 6. The number of rotatable bonds is 4. The van der Waals surface area contributed by atoms with E-state index in [2.05, 4.69) is 13.8 Å². The molecule has 0 aliphatic carbocycles. The number of benzene rings is 9. The minimum Gasteiger partial charge on any atom is -0.507 e. The Balaban J connectivity index is 0.000000226. The van der Waals surface area contributed by atoms with Crippen LogP contribution in [0.1, 0.15) is 48.9 Å². The number of hydrogen-bond acceptors (Lipinski definition) is 9. The third-order valence-corrected chi connectivity index (χ3v) is 10.7. The van der Waals surface area contributed by atoms with Crippen molar-refractivity contribution in [2.24, 2.45) is 5.92 Å². The number of phenols is 6. The van der Waals surface area contributed by atoms with Crippen LogP contribution in [0.15, 0.2) is 58.1 Å². The van der Waals surface area contributed by atoms with Crippen LogP contribution in [0.3, 0.4) is 0 Å². The number of aliphatic carboxylic acids is 1. The van der Waals surface area contributed by atoms with Crippen molar-refractivity contribution < 1.29 is 40.5 Å². The molecule has 0 aliphatic rings. The van der Waals surface area contributed by atoms with Gasteiger partial charge in [-0.15, -0.1) is 0 Å². The second-order valence-electron chi connectivity index (χ2n) is 14.6. The molecule has 266 valence electrons. The predicted octanol–water partition coefficient (Wildman–Crippen LogP) is 8.15. The van der Waals surface area contributed by atoms with Gasteiger partial charge in [-0.1, -0.05) is 38.1 Å². The van der Waals surface area contributed by atoms with Crippen molar-refractivity contribution in [3.05, 3.63) is 91.2 Å². The van der Waals surface area contributed by atoms with Crippen LogP contribution in [0.2, 0.25) is 0 Å². The van der Waals surface area contributed by atoms with E-state index in [1.54, 1.807) is 20.8 Å². The van der Waals surface area contributed by atoms with Gasteiger partial charge in [-0.3, -0.25) is 14.4 Å². The monoisotopic (exact) mass is 710 g/mol. The van der Waals surface area contributed by atoms with Crippen molar-refractivity contribution in [2.45, 2.75) is 47.0 Å². The van der Waals surface area contributed by atoms with Crippen LogP contribution >= 0.6 is 0 Å². The lowest BCUT2D eigenvalue weighted by Crippen LogP contribution is -2.10. The molecule has 0 heterocycles. The van der Waals surface area contributed by atoms with Gasteiger partial charge in [-0.25, -0.2) is 0 Å². The zero-order valence-corrected chi connectivity index (χ0v) is 29.3. The van der Waals surface area contributed by atoms with Crippen molar-refractivity contribution in [3.63, 3.8) is 0 Å². The summed E-state index contributed by atoms with van der Waals surface area (Å²) in [6, 6.07) is 12.7. The van der Waals surface area contributed by atoms with Crippen LogP contribution in [-0.2, 0) is 11.2 Å². The lowest BCUT2D eigenvalue weighted by Gasteiger charge is -2.25. The van der Waals surface area contributed by atoms with Gasteiger partial charge in [0.2, 0.25) is 10.9 Å². The Morgan fingerprint density at radius 1 is 0.491 bits per heavy atom. The van der Waals surface area contributed by atoms with Gasteiger partial charge in [0.05, 0.1) is 27.5 Å². The molecule has 0 amide bonds. The molecule has 0 bridgehead atoms. The van der Waals surface area contributed by atoms with E-state index < -0.39 is 45.7 Å². The van der Waals surface area contributed by atoms with E-state index in [-0.39, 0.29) is 54.6 Å². The topological polar surface area (TPSA) is 193 Å². The van der Waals surface area contributed by atoms with Crippen LogP contribution in [0, 0.1) is 19.8 Å². The van der Waals surface area contributed by atoms with Crippen LogP contribution in [0.5, 0.6) is 34.5 Å². The summed E-state index contributed by atoms with van der Waals surface area (Å²) in [5.74, 6) is -3.07. The quantitative estimate of drug-likeness (QED) is 0.0692. The summed E-state index contributed by atoms with van der Waals surface area (Å²) in [6.07, 6.45) is 1.04. The van der Waals surface area contributed by atoms with Crippen molar-refractivity contribution in [1.29, 1.82) is 0 Å². The summed E-state index contributed by atoms with van der Waals surface area (Å²) in [5, 5.41) is 77.3. The van der Waals surface area contributed by atoms with E-state index in [0.29, 0.717) is 49.4 Å². The maximum atomic E-state index is 13.9. The lowest BCUT2D eigenvalue weighted by molar-refractivity contribution is -0.138. The van der Waals surface area contributed by atoms with Gasteiger partial charge >= 0.3 is 5.97 Å². The number of aromatic hydroxyl groups is 6.